The van der Waals surface area contributed by atoms with E-state index >= 15 is 0 Å². The Morgan fingerprint density at radius 1 is 1.08 bits per heavy atom. The largest absolute Gasteiger partial charge is 0.504 e. The third-order valence-electron chi connectivity index (χ3n) is 4.69. The van der Waals surface area contributed by atoms with Crippen molar-refractivity contribution in [2.45, 2.75) is 12.8 Å². The fourth-order valence-corrected chi connectivity index (χ4v) is 3.32. The molecular weight excluding hydrogens is 320 g/mol. The molecule has 1 saturated heterocycles. The van der Waals surface area contributed by atoms with E-state index in [9.17, 15) is 9.90 Å². The molecule has 0 aliphatic carbocycles. The Balaban J connectivity index is 1.77. The highest BCUT2D eigenvalue weighted by atomic mass is 16.5. The van der Waals surface area contributed by atoms with Gasteiger partial charge in [-0.3, -0.25) is 4.79 Å². The lowest BCUT2D eigenvalue weighted by Crippen LogP contribution is -2.21. The number of hydrogen-bond donors (Lipinski definition) is 1. The molecule has 5 nitrogen and oxygen atoms in total. The van der Waals surface area contributed by atoms with Crippen LogP contribution in [-0.4, -0.2) is 31.9 Å². The van der Waals surface area contributed by atoms with E-state index in [0.717, 1.165) is 23.3 Å². The van der Waals surface area contributed by atoms with E-state index in [1.54, 1.807) is 19.2 Å². The maximum absolute atomic E-state index is 12.2. The average Bonchev–Trinajstić information content (AvgIpc) is 2.96. The maximum atomic E-state index is 12.2. The number of aromatic hydroxyl groups is 1. The van der Waals surface area contributed by atoms with Gasteiger partial charge in [0.1, 0.15) is 5.75 Å². The van der Waals surface area contributed by atoms with Gasteiger partial charge in [-0.15, -0.1) is 0 Å². The van der Waals surface area contributed by atoms with E-state index in [-0.39, 0.29) is 23.6 Å². The standard InChI is InChI=1S/C20H22O5/c1-23-16-8-6-13(7-9-16)10-15-12-25-20(22)17(15)11-14-4-3-5-18(21)19(14)24-2/h3-9,15,17,21H,10-12H2,1-2H3. The van der Waals surface area contributed by atoms with E-state index in [1.807, 2.05) is 30.3 Å². The Kier molecular flexibility index (Phi) is 5.12. The summed E-state index contributed by atoms with van der Waals surface area (Å²) in [7, 11) is 3.15. The molecule has 0 amide bonds. The second-order valence-electron chi connectivity index (χ2n) is 6.22. The summed E-state index contributed by atoms with van der Waals surface area (Å²) in [4.78, 5) is 12.2. The first-order chi connectivity index (χ1) is 12.1. The van der Waals surface area contributed by atoms with Crippen LogP contribution in [0, 0.1) is 11.8 Å². The van der Waals surface area contributed by atoms with Crippen molar-refractivity contribution in [3.05, 3.63) is 53.6 Å². The first kappa shape index (κ1) is 17.1. The van der Waals surface area contributed by atoms with Crippen LogP contribution in [0.15, 0.2) is 42.5 Å². The van der Waals surface area contributed by atoms with Crippen molar-refractivity contribution in [1.29, 1.82) is 0 Å². The third-order valence-corrected chi connectivity index (χ3v) is 4.69. The molecule has 2 aromatic carbocycles. The molecule has 132 valence electrons. The summed E-state index contributed by atoms with van der Waals surface area (Å²) in [5.74, 6) is 0.960. The first-order valence-electron chi connectivity index (χ1n) is 8.26. The third kappa shape index (κ3) is 3.71. The van der Waals surface area contributed by atoms with Gasteiger partial charge in [-0.05, 0) is 42.2 Å². The summed E-state index contributed by atoms with van der Waals surface area (Å²) in [6.45, 7) is 0.413. The van der Waals surface area contributed by atoms with Gasteiger partial charge in [-0.25, -0.2) is 0 Å². The summed E-state index contributed by atoms with van der Waals surface area (Å²) >= 11 is 0. The van der Waals surface area contributed by atoms with E-state index in [1.165, 1.54) is 7.11 Å². The van der Waals surface area contributed by atoms with E-state index in [0.29, 0.717) is 18.8 Å². The van der Waals surface area contributed by atoms with Crippen LogP contribution < -0.4 is 9.47 Å². The summed E-state index contributed by atoms with van der Waals surface area (Å²) in [5.41, 5.74) is 1.95. The van der Waals surface area contributed by atoms with Gasteiger partial charge in [0.05, 0.1) is 26.7 Å². The van der Waals surface area contributed by atoms with Gasteiger partial charge in [-0.2, -0.15) is 0 Å². The Morgan fingerprint density at radius 2 is 1.84 bits per heavy atom. The molecule has 2 aromatic rings. The number of rotatable bonds is 6. The topological polar surface area (TPSA) is 65.0 Å². The van der Waals surface area contributed by atoms with E-state index < -0.39 is 0 Å². The quantitative estimate of drug-likeness (QED) is 0.818. The Morgan fingerprint density at radius 3 is 2.52 bits per heavy atom. The minimum atomic E-state index is -0.252. The lowest BCUT2D eigenvalue weighted by Gasteiger charge is -2.17. The van der Waals surface area contributed by atoms with Crippen LogP contribution in [0.3, 0.4) is 0 Å². The van der Waals surface area contributed by atoms with E-state index in [2.05, 4.69) is 0 Å². The number of phenolic OH excluding ortho intramolecular Hbond substituents is 1. The number of esters is 1. The molecule has 1 aliphatic rings. The zero-order valence-corrected chi connectivity index (χ0v) is 14.4. The normalized spacial score (nSPS) is 19.5. The van der Waals surface area contributed by atoms with Crippen molar-refractivity contribution in [2.24, 2.45) is 11.8 Å². The van der Waals surface area contributed by atoms with Gasteiger partial charge >= 0.3 is 5.97 Å². The second-order valence-corrected chi connectivity index (χ2v) is 6.22. The molecule has 3 rings (SSSR count). The van der Waals surface area contributed by atoms with Gasteiger partial charge in [0, 0.05) is 5.92 Å². The van der Waals surface area contributed by atoms with Crippen LogP contribution in [-0.2, 0) is 22.4 Å². The summed E-state index contributed by atoms with van der Waals surface area (Å²) in [6, 6.07) is 13.0. The molecule has 1 fully saturated rings. The van der Waals surface area contributed by atoms with Gasteiger partial charge in [0.2, 0.25) is 0 Å². The highest BCUT2D eigenvalue weighted by molar-refractivity contribution is 5.75. The number of cyclic esters (lactones) is 1. The first-order valence-corrected chi connectivity index (χ1v) is 8.26. The van der Waals surface area contributed by atoms with Gasteiger partial charge in [0.15, 0.2) is 11.5 Å². The van der Waals surface area contributed by atoms with Gasteiger partial charge < -0.3 is 19.3 Å². The number of ether oxygens (including phenoxy) is 3. The number of phenols is 1. The molecule has 2 unspecified atom stereocenters. The highest BCUT2D eigenvalue weighted by Crippen LogP contribution is 2.35. The lowest BCUT2D eigenvalue weighted by atomic mass is 9.85. The molecule has 2 atom stereocenters. The molecule has 1 heterocycles. The summed E-state index contributed by atoms with van der Waals surface area (Å²) < 4.78 is 15.8. The predicted molar refractivity (Wildman–Crippen MR) is 93.0 cm³/mol. The molecule has 5 heteroatoms. The van der Waals surface area contributed by atoms with Crippen LogP contribution in [0.4, 0.5) is 0 Å². The van der Waals surface area contributed by atoms with Crippen LogP contribution in [0.2, 0.25) is 0 Å². The van der Waals surface area contributed by atoms with Crippen molar-refractivity contribution in [3.8, 4) is 17.2 Å². The second kappa shape index (κ2) is 7.47. The number of hydrogen-bond acceptors (Lipinski definition) is 5. The van der Waals surface area contributed by atoms with Crippen molar-refractivity contribution >= 4 is 5.97 Å². The molecule has 0 spiro atoms. The maximum Gasteiger partial charge on any atom is 0.309 e. The number of carbonyl (C=O) groups excluding carboxylic acids is 1. The summed E-state index contributed by atoms with van der Waals surface area (Å²) in [6.07, 6.45) is 1.23. The number of benzene rings is 2. The molecule has 0 radical (unpaired) electrons. The monoisotopic (exact) mass is 342 g/mol. The minimum Gasteiger partial charge on any atom is -0.504 e. The zero-order chi connectivity index (χ0) is 17.8. The lowest BCUT2D eigenvalue weighted by molar-refractivity contribution is -0.141. The number of carbonyl (C=O) groups is 1. The smallest absolute Gasteiger partial charge is 0.309 e. The molecule has 25 heavy (non-hydrogen) atoms. The fraction of sp³-hybridized carbons (Fsp3) is 0.350. The number of methoxy groups -OCH3 is 2. The number of para-hydroxylation sites is 1. The van der Waals surface area contributed by atoms with Crippen molar-refractivity contribution in [3.63, 3.8) is 0 Å². The molecule has 0 bridgehead atoms. The van der Waals surface area contributed by atoms with Gasteiger partial charge in [0.25, 0.3) is 0 Å². The molecule has 1 N–H and O–H groups in total. The molecule has 0 saturated carbocycles. The van der Waals surface area contributed by atoms with E-state index in [4.69, 9.17) is 14.2 Å². The Hall–Kier alpha value is -2.69. The Labute approximate surface area is 147 Å². The van der Waals surface area contributed by atoms with Crippen molar-refractivity contribution < 1.29 is 24.1 Å². The fourth-order valence-electron chi connectivity index (χ4n) is 3.32. The van der Waals surface area contributed by atoms with Crippen LogP contribution in [0.1, 0.15) is 11.1 Å². The molecule has 0 aromatic heterocycles. The summed E-state index contributed by atoms with van der Waals surface area (Å²) in [5, 5.41) is 9.93. The van der Waals surface area contributed by atoms with Crippen LogP contribution >= 0.6 is 0 Å². The molecular formula is C20H22O5. The Bertz CT molecular complexity index is 738. The van der Waals surface area contributed by atoms with Crippen molar-refractivity contribution in [1.82, 2.24) is 0 Å². The predicted octanol–water partition coefficient (Wildman–Crippen LogP) is 2.98. The van der Waals surface area contributed by atoms with Gasteiger partial charge in [-0.1, -0.05) is 24.3 Å². The highest BCUT2D eigenvalue weighted by Gasteiger charge is 2.37. The minimum absolute atomic E-state index is 0.0815. The average molecular weight is 342 g/mol. The van der Waals surface area contributed by atoms with Crippen LogP contribution in [0.5, 0.6) is 17.2 Å². The van der Waals surface area contributed by atoms with Crippen LogP contribution in [0.25, 0.3) is 0 Å². The zero-order valence-electron chi connectivity index (χ0n) is 14.4. The molecule has 1 aliphatic heterocycles. The van der Waals surface area contributed by atoms with Crippen molar-refractivity contribution in [2.75, 3.05) is 20.8 Å². The SMILES string of the molecule is COc1ccc(CC2COC(=O)C2Cc2cccc(O)c2OC)cc1.